The number of nitrogens with zero attached hydrogens (tertiary/aromatic N) is 2. The molecule has 2 aliphatic rings. The summed E-state index contributed by atoms with van der Waals surface area (Å²) < 4.78 is 4.71. The summed E-state index contributed by atoms with van der Waals surface area (Å²) in [4.78, 5) is 26.9. The maximum Gasteiger partial charge on any atom is 0.397 e. The van der Waals surface area contributed by atoms with Crippen LogP contribution in [0.4, 0.5) is 0 Å². The standard InChI is InChI=1S/C12H20N2O3/c1-2-17-12(16)11(15)14-7-5-13(6-8-14)9-10-3-4-10/h10H,2-9H2,1H3. The quantitative estimate of drug-likeness (QED) is 0.519. The molecule has 1 aliphatic carbocycles. The molecule has 0 spiro atoms. The predicted molar refractivity (Wildman–Crippen MR) is 62.4 cm³/mol. The van der Waals surface area contributed by atoms with E-state index in [0.717, 1.165) is 25.6 Å². The van der Waals surface area contributed by atoms with Gasteiger partial charge < -0.3 is 9.64 Å². The third kappa shape index (κ3) is 3.43. The summed E-state index contributed by atoms with van der Waals surface area (Å²) in [5, 5.41) is 0. The topological polar surface area (TPSA) is 49.9 Å². The van der Waals surface area contributed by atoms with Gasteiger partial charge in [-0.3, -0.25) is 9.69 Å². The zero-order valence-corrected chi connectivity index (χ0v) is 10.4. The molecule has 0 unspecified atom stereocenters. The average Bonchev–Trinajstić information content (AvgIpc) is 3.13. The number of ether oxygens (including phenoxy) is 1. The monoisotopic (exact) mass is 240 g/mol. The van der Waals surface area contributed by atoms with E-state index in [9.17, 15) is 9.59 Å². The lowest BCUT2D eigenvalue weighted by Gasteiger charge is -2.34. The molecule has 0 N–H and O–H groups in total. The largest absolute Gasteiger partial charge is 0.459 e. The van der Waals surface area contributed by atoms with E-state index in [1.54, 1.807) is 11.8 Å². The molecular formula is C12H20N2O3. The molecule has 5 nitrogen and oxygen atoms in total. The van der Waals surface area contributed by atoms with Crippen LogP contribution in [0.2, 0.25) is 0 Å². The second kappa shape index (κ2) is 5.49. The van der Waals surface area contributed by atoms with Gasteiger partial charge in [-0.1, -0.05) is 0 Å². The summed E-state index contributed by atoms with van der Waals surface area (Å²) in [7, 11) is 0. The molecule has 0 aromatic heterocycles. The highest BCUT2D eigenvalue weighted by Gasteiger charge is 2.29. The second-order valence-electron chi connectivity index (χ2n) is 4.76. The summed E-state index contributed by atoms with van der Waals surface area (Å²) >= 11 is 0. The Bertz CT molecular complexity index is 294. The van der Waals surface area contributed by atoms with Crippen LogP contribution in [0.1, 0.15) is 19.8 Å². The van der Waals surface area contributed by atoms with Crippen molar-refractivity contribution in [3.63, 3.8) is 0 Å². The van der Waals surface area contributed by atoms with Gasteiger partial charge in [-0.15, -0.1) is 0 Å². The number of carbonyl (C=O) groups excluding carboxylic acids is 2. The van der Waals surface area contributed by atoms with Crippen LogP contribution >= 0.6 is 0 Å². The van der Waals surface area contributed by atoms with Gasteiger partial charge in [-0.2, -0.15) is 0 Å². The van der Waals surface area contributed by atoms with Crippen molar-refractivity contribution in [3.05, 3.63) is 0 Å². The van der Waals surface area contributed by atoms with Crippen LogP contribution < -0.4 is 0 Å². The maximum atomic E-state index is 11.7. The fourth-order valence-corrected chi connectivity index (χ4v) is 2.12. The molecular weight excluding hydrogens is 220 g/mol. The van der Waals surface area contributed by atoms with E-state index in [-0.39, 0.29) is 6.61 Å². The van der Waals surface area contributed by atoms with Crippen LogP contribution in [0, 0.1) is 5.92 Å². The first kappa shape index (κ1) is 12.4. The van der Waals surface area contributed by atoms with Crippen molar-refractivity contribution < 1.29 is 14.3 Å². The Labute approximate surface area is 102 Å². The highest BCUT2D eigenvalue weighted by molar-refractivity contribution is 6.32. The van der Waals surface area contributed by atoms with Crippen molar-refractivity contribution >= 4 is 11.9 Å². The number of hydrogen-bond acceptors (Lipinski definition) is 4. The zero-order valence-electron chi connectivity index (χ0n) is 10.4. The SMILES string of the molecule is CCOC(=O)C(=O)N1CCN(CC2CC2)CC1. The van der Waals surface area contributed by atoms with Crippen molar-refractivity contribution in [3.8, 4) is 0 Å². The smallest absolute Gasteiger partial charge is 0.397 e. The molecule has 17 heavy (non-hydrogen) atoms. The zero-order chi connectivity index (χ0) is 12.3. The number of esters is 1. The van der Waals surface area contributed by atoms with E-state index in [2.05, 4.69) is 4.90 Å². The lowest BCUT2D eigenvalue weighted by Crippen LogP contribution is -2.51. The summed E-state index contributed by atoms with van der Waals surface area (Å²) in [5.41, 5.74) is 0. The molecule has 2 rings (SSSR count). The molecule has 0 atom stereocenters. The molecule has 1 saturated carbocycles. The minimum atomic E-state index is -0.719. The molecule has 1 aliphatic heterocycles. The van der Waals surface area contributed by atoms with Gasteiger partial charge in [-0.05, 0) is 25.7 Å². The van der Waals surface area contributed by atoms with Crippen molar-refractivity contribution in [1.82, 2.24) is 9.80 Å². The minimum absolute atomic E-state index is 0.256. The second-order valence-corrected chi connectivity index (χ2v) is 4.76. The summed E-state index contributed by atoms with van der Waals surface area (Å²) in [5.74, 6) is -0.330. The Kier molecular flexibility index (Phi) is 3.99. The Hall–Kier alpha value is -1.10. The van der Waals surface area contributed by atoms with Crippen LogP contribution in [-0.4, -0.2) is 61.0 Å². The normalized spacial score (nSPS) is 21.4. The number of rotatable bonds is 3. The Morgan fingerprint density at radius 2 is 1.82 bits per heavy atom. The fourth-order valence-electron chi connectivity index (χ4n) is 2.12. The Morgan fingerprint density at radius 3 is 2.35 bits per heavy atom. The highest BCUT2D eigenvalue weighted by Crippen LogP contribution is 2.29. The van der Waals surface area contributed by atoms with Gasteiger partial charge in [0, 0.05) is 32.7 Å². The maximum absolute atomic E-state index is 11.7. The molecule has 1 amide bonds. The lowest BCUT2D eigenvalue weighted by atomic mass is 10.2. The van der Waals surface area contributed by atoms with Crippen LogP contribution in [-0.2, 0) is 14.3 Å². The third-order valence-corrected chi connectivity index (χ3v) is 3.32. The van der Waals surface area contributed by atoms with Crippen LogP contribution in [0.5, 0.6) is 0 Å². The molecule has 0 aromatic carbocycles. The highest BCUT2D eigenvalue weighted by atomic mass is 16.5. The van der Waals surface area contributed by atoms with Crippen LogP contribution in [0.25, 0.3) is 0 Å². The average molecular weight is 240 g/mol. The van der Waals surface area contributed by atoms with Gasteiger partial charge in [0.15, 0.2) is 0 Å². The molecule has 0 radical (unpaired) electrons. The first-order chi connectivity index (χ1) is 8.20. The fraction of sp³-hybridized carbons (Fsp3) is 0.833. The molecule has 96 valence electrons. The van der Waals surface area contributed by atoms with Gasteiger partial charge in [0.2, 0.25) is 0 Å². The number of hydrogen-bond donors (Lipinski definition) is 0. The summed E-state index contributed by atoms with van der Waals surface area (Å²) in [6.45, 7) is 6.16. The van der Waals surface area contributed by atoms with Crippen LogP contribution in [0.3, 0.4) is 0 Å². The molecule has 1 saturated heterocycles. The van der Waals surface area contributed by atoms with E-state index in [0.29, 0.717) is 13.1 Å². The van der Waals surface area contributed by atoms with Gasteiger partial charge in [0.25, 0.3) is 0 Å². The van der Waals surface area contributed by atoms with Crippen LogP contribution in [0.15, 0.2) is 0 Å². The number of piperazine rings is 1. The van der Waals surface area contributed by atoms with Crippen molar-refractivity contribution in [2.24, 2.45) is 5.92 Å². The van der Waals surface area contributed by atoms with Gasteiger partial charge >= 0.3 is 11.9 Å². The summed E-state index contributed by atoms with van der Waals surface area (Å²) in [6.07, 6.45) is 2.70. The van der Waals surface area contributed by atoms with Gasteiger partial charge in [-0.25, -0.2) is 4.79 Å². The Balaban J connectivity index is 1.73. The van der Waals surface area contributed by atoms with E-state index >= 15 is 0 Å². The molecule has 5 heteroatoms. The van der Waals surface area contributed by atoms with Crippen molar-refractivity contribution in [2.75, 3.05) is 39.3 Å². The van der Waals surface area contributed by atoms with Crippen molar-refractivity contribution in [2.45, 2.75) is 19.8 Å². The van der Waals surface area contributed by atoms with E-state index in [4.69, 9.17) is 4.74 Å². The predicted octanol–water partition coefficient (Wildman–Crippen LogP) is 0.104. The molecule has 0 aromatic rings. The Morgan fingerprint density at radius 1 is 1.18 bits per heavy atom. The van der Waals surface area contributed by atoms with E-state index in [1.165, 1.54) is 12.8 Å². The molecule has 2 fully saturated rings. The third-order valence-electron chi connectivity index (χ3n) is 3.32. The van der Waals surface area contributed by atoms with E-state index < -0.39 is 11.9 Å². The van der Waals surface area contributed by atoms with Crippen molar-refractivity contribution in [1.29, 1.82) is 0 Å². The summed E-state index contributed by atoms with van der Waals surface area (Å²) in [6, 6.07) is 0. The lowest BCUT2D eigenvalue weighted by molar-refractivity contribution is -0.160. The number of carbonyl (C=O) groups is 2. The number of amides is 1. The molecule has 1 heterocycles. The first-order valence-electron chi connectivity index (χ1n) is 6.39. The van der Waals surface area contributed by atoms with Gasteiger partial charge in [0.05, 0.1) is 6.61 Å². The first-order valence-corrected chi connectivity index (χ1v) is 6.39. The minimum Gasteiger partial charge on any atom is -0.459 e. The van der Waals surface area contributed by atoms with E-state index in [1.807, 2.05) is 0 Å². The van der Waals surface area contributed by atoms with Gasteiger partial charge in [0.1, 0.15) is 0 Å². The molecule has 0 bridgehead atoms.